The van der Waals surface area contributed by atoms with E-state index in [1.807, 2.05) is 4.57 Å². The Morgan fingerprint density at radius 1 is 1.03 bits per heavy atom. The molecular weight excluding hydrogens is 464 g/mol. The van der Waals surface area contributed by atoms with Crippen molar-refractivity contribution < 1.29 is 18.3 Å². The predicted octanol–water partition coefficient (Wildman–Crippen LogP) is 5.79. The van der Waals surface area contributed by atoms with Gasteiger partial charge in [0.15, 0.2) is 17.4 Å². The summed E-state index contributed by atoms with van der Waals surface area (Å²) in [5.74, 6) is 0.325. The summed E-state index contributed by atoms with van der Waals surface area (Å²) in [6, 6.07) is 12.1. The third-order valence-corrected chi connectivity index (χ3v) is 5.83. The van der Waals surface area contributed by atoms with Crippen LogP contribution in [0, 0.1) is 11.6 Å². The van der Waals surface area contributed by atoms with Crippen LogP contribution in [0.3, 0.4) is 0 Å². The number of pyridine rings is 1. The van der Waals surface area contributed by atoms with Crippen LogP contribution in [-0.2, 0) is 17.8 Å². The van der Waals surface area contributed by atoms with Gasteiger partial charge in [-0.2, -0.15) is 0 Å². The van der Waals surface area contributed by atoms with Crippen molar-refractivity contribution >= 4 is 17.7 Å². The van der Waals surface area contributed by atoms with Crippen LogP contribution in [0.15, 0.2) is 67.0 Å². The third-order valence-electron chi connectivity index (χ3n) is 5.83. The van der Waals surface area contributed by atoms with Gasteiger partial charge in [-0.3, -0.25) is 9.78 Å². The lowest BCUT2D eigenvalue weighted by molar-refractivity contribution is -0.111. The Hall–Kier alpha value is -4.40. The number of carbonyl (C=O) groups is 1. The SMILES string of the molecule is O=C(/C=C/c1ccc(Oc2cccnc2)c(F)c1)Nc1ccc(F)c(-c2nnc3n2CCCCC3)c1. The number of aromatic nitrogens is 4. The Labute approximate surface area is 206 Å². The number of nitrogens with zero attached hydrogens (tertiary/aromatic N) is 4. The first-order chi connectivity index (χ1) is 17.6. The number of halogens is 2. The summed E-state index contributed by atoms with van der Waals surface area (Å²) < 4.78 is 36.5. The summed E-state index contributed by atoms with van der Waals surface area (Å²) in [6.45, 7) is 0.735. The van der Waals surface area contributed by atoms with Gasteiger partial charge in [-0.05, 0) is 66.9 Å². The van der Waals surface area contributed by atoms with Gasteiger partial charge >= 0.3 is 0 Å². The maximum absolute atomic E-state index is 14.7. The van der Waals surface area contributed by atoms with Crippen molar-refractivity contribution in [3.8, 4) is 22.9 Å². The fourth-order valence-electron chi connectivity index (χ4n) is 4.05. The number of amides is 1. The summed E-state index contributed by atoms with van der Waals surface area (Å²) in [6.07, 6.45) is 9.77. The maximum atomic E-state index is 14.7. The summed E-state index contributed by atoms with van der Waals surface area (Å²) in [7, 11) is 0. The monoisotopic (exact) mass is 487 g/mol. The molecule has 9 heteroatoms. The zero-order chi connectivity index (χ0) is 24.9. The average Bonchev–Trinajstić information content (AvgIpc) is 3.13. The number of hydrogen-bond donors (Lipinski definition) is 1. The van der Waals surface area contributed by atoms with Gasteiger partial charge < -0.3 is 14.6 Å². The molecule has 2 aromatic carbocycles. The van der Waals surface area contributed by atoms with Crippen molar-refractivity contribution in [1.82, 2.24) is 19.7 Å². The normalized spacial score (nSPS) is 13.3. The first-order valence-electron chi connectivity index (χ1n) is 11.7. The molecule has 4 aromatic rings. The van der Waals surface area contributed by atoms with Crippen LogP contribution >= 0.6 is 0 Å². The van der Waals surface area contributed by atoms with Crippen LogP contribution in [-0.4, -0.2) is 25.7 Å². The fraction of sp³-hybridized carbons (Fsp3) is 0.185. The van der Waals surface area contributed by atoms with E-state index < -0.39 is 17.5 Å². The molecule has 1 aliphatic rings. The standard InChI is InChI=1S/C27H23F2N5O2/c28-22-10-9-19(16-21(22)27-33-32-25-6-2-1-3-14-34(25)27)31-26(35)12-8-18-7-11-24(23(29)15-18)36-20-5-4-13-30-17-20/h4-5,7-13,15-17H,1-3,6,14H2,(H,31,35)/b12-8+. The molecule has 0 atom stereocenters. The molecule has 36 heavy (non-hydrogen) atoms. The molecule has 182 valence electrons. The molecule has 0 saturated heterocycles. The molecule has 2 aromatic heterocycles. The van der Waals surface area contributed by atoms with Crippen LogP contribution in [0.1, 0.15) is 30.7 Å². The van der Waals surface area contributed by atoms with Gasteiger partial charge in [0, 0.05) is 30.9 Å². The topological polar surface area (TPSA) is 81.9 Å². The van der Waals surface area contributed by atoms with Crippen molar-refractivity contribution in [3.63, 3.8) is 0 Å². The summed E-state index contributed by atoms with van der Waals surface area (Å²) >= 11 is 0. The highest BCUT2D eigenvalue weighted by Gasteiger charge is 2.19. The third kappa shape index (κ3) is 5.30. The van der Waals surface area contributed by atoms with E-state index in [0.717, 1.165) is 38.1 Å². The van der Waals surface area contributed by atoms with Crippen LogP contribution in [0.25, 0.3) is 17.5 Å². The number of hydrogen-bond acceptors (Lipinski definition) is 5. The largest absolute Gasteiger partial charge is 0.453 e. The van der Waals surface area contributed by atoms with Crippen LogP contribution in [0.2, 0.25) is 0 Å². The van der Waals surface area contributed by atoms with Gasteiger partial charge in [0.2, 0.25) is 5.91 Å². The Balaban J connectivity index is 1.28. The molecule has 0 fully saturated rings. The Kier molecular flexibility index (Phi) is 6.79. The zero-order valence-corrected chi connectivity index (χ0v) is 19.3. The molecule has 0 aliphatic carbocycles. The zero-order valence-electron chi connectivity index (χ0n) is 19.3. The molecule has 3 heterocycles. The maximum Gasteiger partial charge on any atom is 0.248 e. The van der Waals surface area contributed by atoms with Crippen molar-refractivity contribution in [2.24, 2.45) is 0 Å². The highest BCUT2D eigenvalue weighted by atomic mass is 19.1. The van der Waals surface area contributed by atoms with Crippen molar-refractivity contribution in [2.75, 3.05) is 5.32 Å². The molecule has 1 aliphatic heterocycles. The summed E-state index contributed by atoms with van der Waals surface area (Å²) in [5, 5.41) is 11.2. The van der Waals surface area contributed by atoms with E-state index >= 15 is 0 Å². The molecular formula is C27H23F2N5O2. The van der Waals surface area contributed by atoms with Crippen LogP contribution in [0.5, 0.6) is 11.5 Å². The van der Waals surface area contributed by atoms with Crippen LogP contribution < -0.4 is 10.1 Å². The van der Waals surface area contributed by atoms with E-state index in [0.29, 0.717) is 22.8 Å². The van der Waals surface area contributed by atoms with E-state index in [1.54, 1.807) is 30.5 Å². The lowest BCUT2D eigenvalue weighted by Gasteiger charge is -2.10. The number of nitrogens with one attached hydrogen (secondary N) is 1. The van der Waals surface area contributed by atoms with Gasteiger partial charge in [0.05, 0.1) is 11.8 Å². The Morgan fingerprint density at radius 2 is 1.94 bits per heavy atom. The molecule has 5 rings (SSSR count). The number of benzene rings is 2. The smallest absolute Gasteiger partial charge is 0.248 e. The number of aryl methyl sites for hydroxylation is 1. The average molecular weight is 488 g/mol. The van der Waals surface area contributed by atoms with E-state index in [4.69, 9.17) is 4.74 Å². The molecule has 1 N–H and O–H groups in total. The van der Waals surface area contributed by atoms with Gasteiger partial charge in [-0.15, -0.1) is 10.2 Å². The molecule has 0 radical (unpaired) electrons. The lowest BCUT2D eigenvalue weighted by Crippen LogP contribution is -2.09. The highest BCUT2D eigenvalue weighted by molar-refractivity contribution is 6.02. The minimum atomic E-state index is -0.572. The number of carbonyl (C=O) groups excluding carboxylic acids is 1. The van der Waals surface area contributed by atoms with E-state index in [9.17, 15) is 13.6 Å². The Bertz CT molecular complexity index is 1420. The highest BCUT2D eigenvalue weighted by Crippen LogP contribution is 2.28. The second kappa shape index (κ2) is 10.5. The van der Waals surface area contributed by atoms with Gasteiger partial charge in [-0.1, -0.05) is 12.5 Å². The molecule has 0 bridgehead atoms. The first-order valence-corrected chi connectivity index (χ1v) is 11.7. The molecule has 0 saturated carbocycles. The summed E-state index contributed by atoms with van der Waals surface area (Å²) in [5.41, 5.74) is 1.18. The fourth-order valence-corrected chi connectivity index (χ4v) is 4.05. The van der Waals surface area contributed by atoms with E-state index in [2.05, 4.69) is 20.5 Å². The quantitative estimate of drug-likeness (QED) is 0.348. The predicted molar refractivity (Wildman–Crippen MR) is 131 cm³/mol. The second-order valence-corrected chi connectivity index (χ2v) is 8.40. The van der Waals surface area contributed by atoms with Gasteiger partial charge in [0.25, 0.3) is 0 Å². The number of fused-ring (bicyclic) bond motifs is 1. The number of anilines is 1. The van der Waals surface area contributed by atoms with Crippen LogP contribution in [0.4, 0.5) is 14.5 Å². The molecule has 1 amide bonds. The van der Waals surface area contributed by atoms with E-state index in [-0.39, 0.29) is 11.3 Å². The molecule has 7 nitrogen and oxygen atoms in total. The minimum absolute atomic E-state index is 0.0508. The van der Waals surface area contributed by atoms with Gasteiger partial charge in [0.1, 0.15) is 17.4 Å². The minimum Gasteiger partial charge on any atom is -0.453 e. The molecule has 0 spiro atoms. The molecule has 0 unspecified atom stereocenters. The lowest BCUT2D eigenvalue weighted by atomic mass is 10.1. The summed E-state index contributed by atoms with van der Waals surface area (Å²) in [4.78, 5) is 16.4. The van der Waals surface area contributed by atoms with Gasteiger partial charge in [-0.25, -0.2) is 8.78 Å². The van der Waals surface area contributed by atoms with E-state index in [1.165, 1.54) is 42.6 Å². The van der Waals surface area contributed by atoms with Crippen molar-refractivity contribution in [2.45, 2.75) is 32.2 Å². The number of rotatable bonds is 6. The van der Waals surface area contributed by atoms with Crippen molar-refractivity contribution in [3.05, 3.63) is 90.0 Å². The first kappa shape index (κ1) is 23.3. The van der Waals surface area contributed by atoms with Crippen molar-refractivity contribution in [1.29, 1.82) is 0 Å². The number of ether oxygens (including phenoxy) is 1. The second-order valence-electron chi connectivity index (χ2n) is 8.40. The Morgan fingerprint density at radius 3 is 2.78 bits per heavy atom.